The van der Waals surface area contributed by atoms with Crippen molar-refractivity contribution in [2.45, 2.75) is 39.8 Å². The first kappa shape index (κ1) is 23.6. The summed E-state index contributed by atoms with van der Waals surface area (Å²) in [5.41, 5.74) is 8.19. The van der Waals surface area contributed by atoms with Gasteiger partial charge in [-0.2, -0.15) is 4.79 Å². The van der Waals surface area contributed by atoms with Gasteiger partial charge in [0.25, 0.3) is 5.78 Å². The van der Waals surface area contributed by atoms with E-state index in [4.69, 9.17) is 15.0 Å². The predicted octanol–water partition coefficient (Wildman–Crippen LogP) is 3.05. The topological polar surface area (TPSA) is 127 Å². The van der Waals surface area contributed by atoms with Gasteiger partial charge in [0, 0.05) is 5.56 Å². The van der Waals surface area contributed by atoms with E-state index in [9.17, 15) is 14.4 Å². The molecule has 1 N–H and O–H groups in total. The minimum atomic E-state index is -1.04. The Labute approximate surface area is 179 Å². The number of esters is 1. The van der Waals surface area contributed by atoms with Crippen LogP contribution >= 0.6 is 0 Å². The fourth-order valence-electron chi connectivity index (χ4n) is 2.73. The van der Waals surface area contributed by atoms with Crippen LogP contribution in [0.3, 0.4) is 0 Å². The van der Waals surface area contributed by atoms with Gasteiger partial charge in [0.2, 0.25) is 0 Å². The minimum Gasteiger partial charge on any atom is -0.485 e. The first-order chi connectivity index (χ1) is 14.7. The summed E-state index contributed by atoms with van der Waals surface area (Å²) >= 11 is 0. The average molecular weight is 427 g/mol. The highest BCUT2D eigenvalue weighted by molar-refractivity contribution is 6.62. The largest absolute Gasteiger partial charge is 0.485 e. The van der Waals surface area contributed by atoms with E-state index in [1.165, 1.54) is 0 Å². The third-order valence-electron chi connectivity index (χ3n) is 4.00. The van der Waals surface area contributed by atoms with E-state index >= 15 is 0 Å². The van der Waals surface area contributed by atoms with Crippen molar-refractivity contribution in [3.8, 4) is 5.75 Å². The van der Waals surface area contributed by atoms with E-state index in [0.717, 1.165) is 10.8 Å². The molecule has 0 radical (unpaired) electrons. The summed E-state index contributed by atoms with van der Waals surface area (Å²) < 4.78 is 15.6. The smallest absolute Gasteiger partial charge is 0.445 e. The standard InChI is InChI=1S/C22H25N3O6/c1-5-29-20(27)19(25-23)17(26)13-30-18-11-10-14-8-6-7-9-15(14)16(18)12-24-21(28)31-22(2,3)4/h6-11H,5,12-13H2,1-4H3,(H,24,28). The first-order valence-electron chi connectivity index (χ1n) is 9.69. The maximum Gasteiger partial charge on any atom is 0.445 e. The maximum absolute atomic E-state index is 12.3. The summed E-state index contributed by atoms with van der Waals surface area (Å²) in [4.78, 5) is 38.8. The van der Waals surface area contributed by atoms with Crippen molar-refractivity contribution in [3.05, 3.63) is 47.5 Å². The number of carbonyl (C=O) groups is 3. The second-order valence-corrected chi connectivity index (χ2v) is 7.50. The number of nitrogens with zero attached hydrogens (tertiary/aromatic N) is 2. The summed E-state index contributed by atoms with van der Waals surface area (Å²) in [6, 6.07) is 10.9. The molecule has 0 spiro atoms. The van der Waals surface area contributed by atoms with Crippen LogP contribution in [-0.4, -0.2) is 47.2 Å². The van der Waals surface area contributed by atoms with Crippen molar-refractivity contribution >= 4 is 34.3 Å². The van der Waals surface area contributed by atoms with Gasteiger partial charge in [0.15, 0.2) is 6.61 Å². The highest BCUT2D eigenvalue weighted by Gasteiger charge is 2.31. The van der Waals surface area contributed by atoms with Gasteiger partial charge in [-0.05, 0) is 44.5 Å². The number of alkyl carbamates (subject to hydrolysis) is 1. The fraction of sp³-hybridized carbons (Fsp3) is 0.364. The quantitative estimate of drug-likeness (QED) is 0.227. The molecule has 1 amide bonds. The number of ketones is 1. The van der Waals surface area contributed by atoms with Gasteiger partial charge in [-0.25, -0.2) is 9.59 Å². The van der Waals surface area contributed by atoms with Crippen LogP contribution < -0.4 is 10.1 Å². The van der Waals surface area contributed by atoms with Crippen LogP contribution in [0.5, 0.6) is 5.75 Å². The van der Waals surface area contributed by atoms with Gasteiger partial charge in [-0.15, -0.1) is 0 Å². The highest BCUT2D eigenvalue weighted by Crippen LogP contribution is 2.28. The van der Waals surface area contributed by atoms with Gasteiger partial charge in [-0.3, -0.25) is 4.79 Å². The summed E-state index contributed by atoms with van der Waals surface area (Å²) in [5.74, 6) is -1.56. The van der Waals surface area contributed by atoms with Crippen LogP contribution in [0.1, 0.15) is 33.3 Å². The minimum absolute atomic E-state index is 0.0249. The molecule has 2 aromatic carbocycles. The third kappa shape index (κ3) is 6.65. The van der Waals surface area contributed by atoms with Crippen molar-refractivity contribution in [3.63, 3.8) is 0 Å². The van der Waals surface area contributed by atoms with Gasteiger partial charge in [0.1, 0.15) is 11.4 Å². The molecule has 2 aromatic rings. The molecule has 0 fully saturated rings. The Morgan fingerprint density at radius 1 is 1.10 bits per heavy atom. The molecule has 0 unspecified atom stereocenters. The molecule has 164 valence electrons. The zero-order valence-corrected chi connectivity index (χ0v) is 17.9. The molecule has 0 aliphatic carbocycles. The molecule has 0 aliphatic rings. The number of carbonyl (C=O) groups excluding carboxylic acids is 3. The van der Waals surface area contributed by atoms with Crippen LogP contribution in [0, 0.1) is 0 Å². The summed E-state index contributed by atoms with van der Waals surface area (Å²) in [5, 5.41) is 4.40. The first-order valence-corrected chi connectivity index (χ1v) is 9.69. The Morgan fingerprint density at radius 3 is 2.45 bits per heavy atom. The summed E-state index contributed by atoms with van der Waals surface area (Å²) in [7, 11) is 0. The lowest BCUT2D eigenvalue weighted by molar-refractivity contribution is -0.142. The van der Waals surface area contributed by atoms with Gasteiger partial charge in [0.05, 0.1) is 13.2 Å². The number of Topliss-reactive ketones (excluding diaryl/α,β-unsaturated/α-hetero) is 1. The Morgan fingerprint density at radius 2 is 1.81 bits per heavy atom. The van der Waals surface area contributed by atoms with E-state index in [0.29, 0.717) is 11.3 Å². The normalized spacial score (nSPS) is 10.7. The Balaban J connectivity index is 2.24. The molecule has 2 rings (SSSR count). The number of hydrogen-bond acceptors (Lipinski definition) is 6. The lowest BCUT2D eigenvalue weighted by Crippen LogP contribution is -2.33. The molecule has 0 atom stereocenters. The van der Waals surface area contributed by atoms with E-state index in [1.807, 2.05) is 24.3 Å². The van der Waals surface area contributed by atoms with Crippen molar-refractivity contribution in [2.24, 2.45) is 0 Å². The molecule has 0 aromatic heterocycles. The zero-order valence-electron chi connectivity index (χ0n) is 17.9. The fourth-order valence-corrected chi connectivity index (χ4v) is 2.73. The Hall–Kier alpha value is -3.71. The maximum atomic E-state index is 12.3. The molecule has 9 nitrogen and oxygen atoms in total. The van der Waals surface area contributed by atoms with Crippen molar-refractivity contribution < 1.29 is 33.4 Å². The Bertz CT molecular complexity index is 1040. The third-order valence-corrected chi connectivity index (χ3v) is 4.00. The van der Waals surface area contributed by atoms with E-state index in [1.54, 1.807) is 39.8 Å². The van der Waals surface area contributed by atoms with Gasteiger partial charge >= 0.3 is 17.8 Å². The number of nitrogens with one attached hydrogen (secondary N) is 1. The summed E-state index contributed by atoms with van der Waals surface area (Å²) in [6.07, 6.45) is -0.598. The van der Waals surface area contributed by atoms with Crippen LogP contribution in [-0.2, 0) is 25.6 Å². The SMILES string of the molecule is CCOC(=O)C(=[N+]=[N-])C(=O)COc1ccc2ccccc2c1CNC(=O)OC(C)(C)C. The second kappa shape index (κ2) is 10.4. The molecule has 31 heavy (non-hydrogen) atoms. The number of rotatable bonds is 8. The number of hydrogen-bond donors (Lipinski definition) is 1. The lowest BCUT2D eigenvalue weighted by atomic mass is 10.0. The van der Waals surface area contributed by atoms with Gasteiger partial charge in [-0.1, -0.05) is 30.3 Å². The predicted molar refractivity (Wildman–Crippen MR) is 113 cm³/mol. The molecule has 0 bridgehead atoms. The molecule has 9 heteroatoms. The average Bonchev–Trinajstić information content (AvgIpc) is 2.70. The van der Waals surface area contributed by atoms with Crippen LogP contribution in [0.15, 0.2) is 36.4 Å². The van der Waals surface area contributed by atoms with Crippen molar-refractivity contribution in [1.82, 2.24) is 5.32 Å². The number of fused-ring (bicyclic) bond motifs is 1. The number of amides is 1. The number of benzene rings is 2. The van der Waals surface area contributed by atoms with Crippen molar-refractivity contribution in [1.29, 1.82) is 0 Å². The zero-order chi connectivity index (χ0) is 23.0. The van der Waals surface area contributed by atoms with Crippen LogP contribution in [0.4, 0.5) is 4.79 Å². The highest BCUT2D eigenvalue weighted by atomic mass is 16.6. The molecule has 0 heterocycles. The van der Waals surface area contributed by atoms with E-state index in [2.05, 4.69) is 14.8 Å². The molecular formula is C22H25N3O6. The molecule has 0 saturated carbocycles. The van der Waals surface area contributed by atoms with E-state index in [-0.39, 0.29) is 13.2 Å². The lowest BCUT2D eigenvalue weighted by Gasteiger charge is -2.20. The molecule has 0 saturated heterocycles. The summed E-state index contributed by atoms with van der Waals surface area (Å²) in [6.45, 7) is 6.39. The van der Waals surface area contributed by atoms with Crippen LogP contribution in [0.25, 0.3) is 16.3 Å². The van der Waals surface area contributed by atoms with E-state index < -0.39 is 35.8 Å². The molecular weight excluding hydrogens is 402 g/mol. The molecule has 0 aliphatic heterocycles. The number of ether oxygens (including phenoxy) is 3. The second-order valence-electron chi connectivity index (χ2n) is 7.50. The Kier molecular flexibility index (Phi) is 7.88. The van der Waals surface area contributed by atoms with Crippen LogP contribution in [0.2, 0.25) is 0 Å². The van der Waals surface area contributed by atoms with Gasteiger partial charge < -0.3 is 25.1 Å². The monoisotopic (exact) mass is 427 g/mol. The van der Waals surface area contributed by atoms with Crippen molar-refractivity contribution in [2.75, 3.05) is 13.2 Å².